The number of nitrogens with zero attached hydrogens (tertiary/aromatic N) is 4. The van der Waals surface area contributed by atoms with Crippen LogP contribution in [-0.2, 0) is 6.42 Å². The van der Waals surface area contributed by atoms with E-state index in [9.17, 15) is 0 Å². The minimum absolute atomic E-state index is 0.642. The van der Waals surface area contributed by atoms with Crippen LogP contribution in [0.1, 0.15) is 60.6 Å². The van der Waals surface area contributed by atoms with Crippen LogP contribution in [0.2, 0.25) is 0 Å². The molecule has 3 rings (SSSR count). The van der Waals surface area contributed by atoms with Crippen LogP contribution < -0.4 is 0 Å². The summed E-state index contributed by atoms with van der Waals surface area (Å²) in [6.07, 6.45) is 19.1. The van der Waals surface area contributed by atoms with Gasteiger partial charge in [-0.1, -0.05) is 24.8 Å². The van der Waals surface area contributed by atoms with Crippen molar-refractivity contribution in [3.8, 4) is 24.7 Å². The Balaban J connectivity index is 0.000000187. The second-order valence-corrected chi connectivity index (χ2v) is 6.31. The standard InChI is InChI=1S/2C11H12N2/c1-3-10-6-8(2)12-11(13-10)7-9-4-5-9;1-4-6-7-11-12-9(3)8-10(5-2)13-11/h1,6,9H,4-5,7H2,2H3;2,6-8H,4H2,1,3H3/b;7-6+. The summed E-state index contributed by atoms with van der Waals surface area (Å²) in [6, 6.07) is 3.64. The van der Waals surface area contributed by atoms with Crippen LogP contribution in [-0.4, -0.2) is 19.9 Å². The molecule has 0 saturated heterocycles. The topological polar surface area (TPSA) is 51.6 Å². The van der Waals surface area contributed by atoms with Gasteiger partial charge in [0.15, 0.2) is 5.82 Å². The molecule has 0 N–H and O–H groups in total. The third-order valence-electron chi connectivity index (χ3n) is 3.74. The molecule has 2 aromatic heterocycles. The molecule has 2 heterocycles. The Morgan fingerprint density at radius 1 is 1.00 bits per heavy atom. The molecule has 0 aliphatic heterocycles. The molecular weight excluding hydrogens is 320 g/mol. The summed E-state index contributed by atoms with van der Waals surface area (Å²) in [5.74, 6) is 7.46. The van der Waals surface area contributed by atoms with Crippen LogP contribution >= 0.6 is 0 Å². The maximum absolute atomic E-state index is 5.29. The Labute approximate surface area is 156 Å². The summed E-state index contributed by atoms with van der Waals surface area (Å²) in [7, 11) is 0. The van der Waals surface area contributed by atoms with Crippen molar-refractivity contribution in [2.75, 3.05) is 0 Å². The van der Waals surface area contributed by atoms with Crippen LogP contribution in [0.15, 0.2) is 18.2 Å². The first-order valence-electron chi connectivity index (χ1n) is 8.84. The molecule has 1 saturated carbocycles. The maximum atomic E-state index is 5.29. The number of terminal acetylenes is 2. The van der Waals surface area contributed by atoms with E-state index in [0.29, 0.717) is 17.2 Å². The molecule has 1 aliphatic rings. The summed E-state index contributed by atoms with van der Waals surface area (Å²) in [5.41, 5.74) is 3.23. The van der Waals surface area contributed by atoms with E-state index in [2.05, 4.69) is 38.7 Å². The molecule has 0 atom stereocenters. The van der Waals surface area contributed by atoms with Crippen molar-refractivity contribution in [2.24, 2.45) is 5.92 Å². The zero-order chi connectivity index (χ0) is 18.9. The lowest BCUT2D eigenvalue weighted by Gasteiger charge is -2.00. The Bertz CT molecular complexity index is 865. The van der Waals surface area contributed by atoms with Crippen LogP contribution in [0.4, 0.5) is 0 Å². The smallest absolute Gasteiger partial charge is 0.153 e. The van der Waals surface area contributed by atoms with Crippen molar-refractivity contribution in [2.45, 2.75) is 46.5 Å². The zero-order valence-electron chi connectivity index (χ0n) is 15.7. The molecule has 4 heteroatoms. The van der Waals surface area contributed by atoms with Gasteiger partial charge < -0.3 is 0 Å². The van der Waals surface area contributed by atoms with Crippen molar-refractivity contribution < 1.29 is 0 Å². The Morgan fingerprint density at radius 2 is 1.62 bits per heavy atom. The van der Waals surface area contributed by atoms with E-state index < -0.39 is 0 Å². The van der Waals surface area contributed by atoms with Crippen molar-refractivity contribution in [1.82, 2.24) is 19.9 Å². The summed E-state index contributed by atoms with van der Waals surface area (Å²) < 4.78 is 0. The maximum Gasteiger partial charge on any atom is 0.153 e. The van der Waals surface area contributed by atoms with Crippen LogP contribution in [0, 0.1) is 44.5 Å². The van der Waals surface area contributed by atoms with Crippen molar-refractivity contribution in [1.29, 1.82) is 0 Å². The highest BCUT2D eigenvalue weighted by atomic mass is 14.9. The lowest BCUT2D eigenvalue weighted by molar-refractivity contribution is 0.761. The van der Waals surface area contributed by atoms with E-state index in [1.807, 2.05) is 32.1 Å². The first-order valence-corrected chi connectivity index (χ1v) is 8.84. The lowest BCUT2D eigenvalue weighted by Crippen LogP contribution is -2.00. The van der Waals surface area contributed by atoms with E-state index in [1.165, 1.54) is 12.8 Å². The van der Waals surface area contributed by atoms with Gasteiger partial charge in [0.2, 0.25) is 0 Å². The second-order valence-electron chi connectivity index (χ2n) is 6.31. The van der Waals surface area contributed by atoms with Gasteiger partial charge in [0, 0.05) is 17.8 Å². The quantitative estimate of drug-likeness (QED) is 0.789. The number of allylic oxidation sites excluding steroid dienone is 1. The van der Waals surface area contributed by atoms with Crippen LogP contribution in [0.5, 0.6) is 0 Å². The van der Waals surface area contributed by atoms with Gasteiger partial charge in [-0.15, -0.1) is 12.8 Å². The summed E-state index contributed by atoms with van der Waals surface area (Å²) >= 11 is 0. The monoisotopic (exact) mass is 344 g/mol. The summed E-state index contributed by atoms with van der Waals surface area (Å²) in [5, 5.41) is 0. The van der Waals surface area contributed by atoms with E-state index in [-0.39, 0.29) is 0 Å². The number of hydrogen-bond donors (Lipinski definition) is 0. The average Bonchev–Trinajstić information content (AvgIpc) is 3.43. The number of aryl methyl sites for hydroxylation is 2. The largest absolute Gasteiger partial charge is 0.238 e. The molecule has 1 fully saturated rings. The van der Waals surface area contributed by atoms with E-state index >= 15 is 0 Å². The highest BCUT2D eigenvalue weighted by molar-refractivity contribution is 5.42. The third kappa shape index (κ3) is 6.49. The predicted molar refractivity (Wildman–Crippen MR) is 105 cm³/mol. The van der Waals surface area contributed by atoms with Gasteiger partial charge in [-0.2, -0.15) is 0 Å². The Hall–Kier alpha value is -2.98. The van der Waals surface area contributed by atoms with Gasteiger partial charge in [0.25, 0.3) is 0 Å². The molecule has 0 amide bonds. The van der Waals surface area contributed by atoms with E-state index in [4.69, 9.17) is 12.8 Å². The molecule has 0 radical (unpaired) electrons. The zero-order valence-corrected chi connectivity index (χ0v) is 15.7. The van der Waals surface area contributed by atoms with Crippen molar-refractivity contribution in [3.63, 3.8) is 0 Å². The highest BCUT2D eigenvalue weighted by Gasteiger charge is 2.22. The minimum atomic E-state index is 0.642. The number of rotatable bonds is 4. The molecule has 2 aromatic rings. The fourth-order valence-electron chi connectivity index (χ4n) is 2.34. The van der Waals surface area contributed by atoms with Crippen LogP contribution in [0.25, 0.3) is 6.08 Å². The number of aromatic nitrogens is 4. The molecule has 132 valence electrons. The predicted octanol–water partition coefficient (Wildman–Crippen LogP) is 3.91. The second kappa shape index (κ2) is 9.49. The van der Waals surface area contributed by atoms with Gasteiger partial charge in [0.1, 0.15) is 17.2 Å². The van der Waals surface area contributed by atoms with E-state index in [0.717, 1.165) is 36.0 Å². The van der Waals surface area contributed by atoms with Crippen LogP contribution in [0.3, 0.4) is 0 Å². The van der Waals surface area contributed by atoms with Gasteiger partial charge in [-0.25, -0.2) is 19.9 Å². The van der Waals surface area contributed by atoms with Crippen molar-refractivity contribution >= 4 is 6.08 Å². The van der Waals surface area contributed by atoms with Gasteiger partial charge >= 0.3 is 0 Å². The molecule has 26 heavy (non-hydrogen) atoms. The molecule has 0 spiro atoms. The van der Waals surface area contributed by atoms with Gasteiger partial charge in [-0.3, -0.25) is 0 Å². The fraction of sp³-hybridized carbons (Fsp3) is 0.364. The first-order chi connectivity index (χ1) is 12.5. The SMILES string of the molecule is C#Cc1cc(C)nc(/C=C/CC)n1.C#Cc1cc(C)nc(CC2CC2)n1. The van der Waals surface area contributed by atoms with Gasteiger partial charge in [-0.05, 0) is 57.2 Å². The molecule has 0 bridgehead atoms. The lowest BCUT2D eigenvalue weighted by atomic mass is 10.2. The first kappa shape index (κ1) is 19.3. The molecular formula is C22H24N4. The molecule has 1 aliphatic carbocycles. The molecule has 4 nitrogen and oxygen atoms in total. The number of hydrogen-bond acceptors (Lipinski definition) is 4. The van der Waals surface area contributed by atoms with Crippen molar-refractivity contribution in [3.05, 3.63) is 52.6 Å². The minimum Gasteiger partial charge on any atom is -0.238 e. The molecule has 0 aromatic carbocycles. The Morgan fingerprint density at radius 3 is 2.19 bits per heavy atom. The summed E-state index contributed by atoms with van der Waals surface area (Å²) in [6.45, 7) is 5.93. The van der Waals surface area contributed by atoms with E-state index in [1.54, 1.807) is 6.07 Å². The fourth-order valence-corrected chi connectivity index (χ4v) is 2.34. The molecule has 0 unspecified atom stereocenters. The summed E-state index contributed by atoms with van der Waals surface area (Å²) in [4.78, 5) is 17.0. The normalized spacial score (nSPS) is 12.8. The average molecular weight is 344 g/mol. The Kier molecular flexibility index (Phi) is 7.06. The highest BCUT2D eigenvalue weighted by Crippen LogP contribution is 2.31. The van der Waals surface area contributed by atoms with Gasteiger partial charge in [0.05, 0.1) is 0 Å². The third-order valence-corrected chi connectivity index (χ3v) is 3.74.